The van der Waals surface area contributed by atoms with E-state index in [0.717, 1.165) is 18.8 Å². The quantitative estimate of drug-likeness (QED) is 0.645. The van der Waals surface area contributed by atoms with Gasteiger partial charge in [0.05, 0.1) is 12.2 Å². The van der Waals surface area contributed by atoms with Gasteiger partial charge in [-0.15, -0.1) is 6.58 Å². The van der Waals surface area contributed by atoms with Gasteiger partial charge in [-0.3, -0.25) is 9.48 Å². The minimum Gasteiger partial charge on any atom is -0.337 e. The van der Waals surface area contributed by atoms with Gasteiger partial charge in [-0.25, -0.2) is 0 Å². The molecular formula is C23H26N4O. The van der Waals surface area contributed by atoms with Crippen molar-refractivity contribution in [3.63, 3.8) is 0 Å². The van der Waals surface area contributed by atoms with Gasteiger partial charge >= 0.3 is 0 Å². The summed E-state index contributed by atoms with van der Waals surface area (Å²) in [6.07, 6.45) is 4.43. The summed E-state index contributed by atoms with van der Waals surface area (Å²) in [4.78, 5) is 14.5. The van der Waals surface area contributed by atoms with Crippen LogP contribution >= 0.6 is 0 Å². The van der Waals surface area contributed by atoms with Crippen molar-refractivity contribution in [3.8, 4) is 0 Å². The Morgan fingerprint density at radius 2 is 2.04 bits per heavy atom. The maximum Gasteiger partial charge on any atom is 0.224 e. The molecule has 2 heterocycles. The molecule has 0 aliphatic carbocycles. The number of carbonyl (C=O) groups excluding carboxylic acids is 1. The molecule has 4 rings (SSSR count). The Hall–Kier alpha value is -2.92. The fourth-order valence-electron chi connectivity index (χ4n) is 3.91. The van der Waals surface area contributed by atoms with E-state index in [9.17, 15) is 4.79 Å². The van der Waals surface area contributed by atoms with Crippen LogP contribution in [0.4, 0.5) is 0 Å². The third kappa shape index (κ3) is 3.85. The molecule has 1 atom stereocenters. The molecule has 1 aliphatic heterocycles. The maximum absolute atomic E-state index is 12.6. The summed E-state index contributed by atoms with van der Waals surface area (Å²) >= 11 is 0. The first-order valence-electron chi connectivity index (χ1n) is 9.75. The minimum absolute atomic E-state index is 0.171. The second kappa shape index (κ2) is 7.98. The zero-order valence-corrected chi connectivity index (χ0v) is 16.3. The Labute approximate surface area is 165 Å². The number of carbonyl (C=O) groups is 1. The highest BCUT2D eigenvalue weighted by atomic mass is 16.2. The van der Waals surface area contributed by atoms with Crippen LogP contribution in [-0.4, -0.2) is 33.2 Å². The smallest absolute Gasteiger partial charge is 0.224 e. The zero-order chi connectivity index (χ0) is 19.5. The van der Waals surface area contributed by atoms with Crippen molar-refractivity contribution in [1.82, 2.24) is 20.0 Å². The first-order chi connectivity index (χ1) is 13.6. The summed E-state index contributed by atoms with van der Waals surface area (Å²) in [5.74, 6) is 0.213. The van der Waals surface area contributed by atoms with E-state index in [1.165, 1.54) is 21.9 Å². The van der Waals surface area contributed by atoms with Gasteiger partial charge in [0.25, 0.3) is 0 Å². The van der Waals surface area contributed by atoms with Gasteiger partial charge in [0.1, 0.15) is 0 Å². The van der Waals surface area contributed by atoms with E-state index in [1.807, 2.05) is 28.6 Å². The Morgan fingerprint density at radius 1 is 1.21 bits per heavy atom. The summed E-state index contributed by atoms with van der Waals surface area (Å²) in [7, 11) is 0. The number of amides is 1. The van der Waals surface area contributed by atoms with E-state index >= 15 is 0 Å². The number of rotatable bonds is 7. The lowest BCUT2D eigenvalue weighted by atomic mass is 10.0. The lowest BCUT2D eigenvalue weighted by molar-refractivity contribution is -0.128. The SMILES string of the molecule is C=CCn1cc(CN[C@@H]2CC(=O)N(Cc3cccc4ccccc34)C2)c(C)n1. The molecule has 0 radical (unpaired) electrons. The van der Waals surface area contributed by atoms with Crippen molar-refractivity contribution in [2.45, 2.75) is 39.0 Å². The minimum atomic E-state index is 0.171. The number of fused-ring (bicyclic) bond motifs is 1. The second-order valence-corrected chi connectivity index (χ2v) is 7.44. The van der Waals surface area contributed by atoms with Crippen LogP contribution in [0.3, 0.4) is 0 Å². The molecule has 5 nitrogen and oxygen atoms in total. The topological polar surface area (TPSA) is 50.2 Å². The molecule has 0 bridgehead atoms. The molecule has 1 aliphatic rings. The fraction of sp³-hybridized carbons (Fsp3) is 0.304. The summed E-state index contributed by atoms with van der Waals surface area (Å²) in [6.45, 7) is 8.61. The number of allylic oxidation sites excluding steroid dienone is 1. The predicted octanol–water partition coefficient (Wildman–Crippen LogP) is 3.42. The lowest BCUT2D eigenvalue weighted by Gasteiger charge is -2.18. The molecule has 1 saturated heterocycles. The summed E-state index contributed by atoms with van der Waals surface area (Å²) < 4.78 is 1.89. The molecule has 28 heavy (non-hydrogen) atoms. The highest BCUT2D eigenvalue weighted by Gasteiger charge is 2.29. The van der Waals surface area contributed by atoms with Gasteiger partial charge in [0, 0.05) is 43.9 Å². The monoisotopic (exact) mass is 374 g/mol. The van der Waals surface area contributed by atoms with E-state index in [0.29, 0.717) is 19.5 Å². The van der Waals surface area contributed by atoms with Gasteiger partial charge in [-0.2, -0.15) is 5.10 Å². The number of nitrogens with zero attached hydrogens (tertiary/aromatic N) is 3. The van der Waals surface area contributed by atoms with E-state index in [1.54, 1.807) is 0 Å². The predicted molar refractivity (Wildman–Crippen MR) is 112 cm³/mol. The Morgan fingerprint density at radius 3 is 2.89 bits per heavy atom. The van der Waals surface area contributed by atoms with Crippen LogP contribution in [0, 0.1) is 6.92 Å². The average Bonchev–Trinajstić information content (AvgIpc) is 3.22. The molecule has 3 aromatic rings. The van der Waals surface area contributed by atoms with Gasteiger partial charge in [-0.05, 0) is 23.3 Å². The molecule has 1 aromatic heterocycles. The largest absolute Gasteiger partial charge is 0.337 e. The third-order valence-electron chi connectivity index (χ3n) is 5.40. The lowest BCUT2D eigenvalue weighted by Crippen LogP contribution is -2.32. The zero-order valence-electron chi connectivity index (χ0n) is 16.3. The van der Waals surface area contributed by atoms with Crippen molar-refractivity contribution < 1.29 is 4.79 Å². The summed E-state index contributed by atoms with van der Waals surface area (Å²) in [5, 5.41) is 10.5. The van der Waals surface area contributed by atoms with E-state index < -0.39 is 0 Å². The van der Waals surface area contributed by atoms with Crippen LogP contribution in [0.25, 0.3) is 10.8 Å². The fourth-order valence-corrected chi connectivity index (χ4v) is 3.91. The molecular weight excluding hydrogens is 348 g/mol. The molecule has 1 fully saturated rings. The van der Waals surface area contributed by atoms with Crippen LogP contribution < -0.4 is 5.32 Å². The van der Waals surface area contributed by atoms with Gasteiger partial charge in [-0.1, -0.05) is 48.5 Å². The molecule has 2 aromatic carbocycles. The van der Waals surface area contributed by atoms with Crippen LogP contribution in [0.2, 0.25) is 0 Å². The van der Waals surface area contributed by atoms with E-state index in [4.69, 9.17) is 0 Å². The van der Waals surface area contributed by atoms with Crippen molar-refractivity contribution in [2.24, 2.45) is 0 Å². The Balaban J connectivity index is 1.39. The molecule has 1 amide bonds. The van der Waals surface area contributed by atoms with Crippen molar-refractivity contribution in [1.29, 1.82) is 0 Å². The molecule has 5 heteroatoms. The van der Waals surface area contributed by atoms with E-state index in [-0.39, 0.29) is 11.9 Å². The molecule has 0 saturated carbocycles. The average molecular weight is 374 g/mol. The highest BCUT2D eigenvalue weighted by molar-refractivity contribution is 5.86. The van der Waals surface area contributed by atoms with Gasteiger partial charge in [0.15, 0.2) is 0 Å². The number of likely N-dealkylation sites (tertiary alicyclic amines) is 1. The summed E-state index contributed by atoms with van der Waals surface area (Å²) in [6, 6.07) is 14.8. The molecule has 0 unspecified atom stereocenters. The number of aryl methyl sites for hydroxylation is 1. The van der Waals surface area contributed by atoms with Crippen LogP contribution in [0.5, 0.6) is 0 Å². The van der Waals surface area contributed by atoms with Gasteiger partial charge < -0.3 is 10.2 Å². The number of hydrogen-bond donors (Lipinski definition) is 1. The molecule has 0 spiro atoms. The Bertz CT molecular complexity index is 1000. The van der Waals surface area contributed by atoms with Gasteiger partial charge in [0.2, 0.25) is 5.91 Å². The van der Waals surface area contributed by atoms with Crippen LogP contribution in [0.1, 0.15) is 23.2 Å². The number of benzene rings is 2. The second-order valence-electron chi connectivity index (χ2n) is 7.44. The number of hydrogen-bond acceptors (Lipinski definition) is 3. The molecule has 1 N–H and O–H groups in total. The normalized spacial score (nSPS) is 16.8. The van der Waals surface area contributed by atoms with Crippen LogP contribution in [0.15, 0.2) is 61.3 Å². The first kappa shape index (κ1) is 18.4. The molecule has 144 valence electrons. The van der Waals surface area contributed by atoms with E-state index in [2.05, 4.69) is 59.6 Å². The maximum atomic E-state index is 12.6. The summed E-state index contributed by atoms with van der Waals surface area (Å²) in [5.41, 5.74) is 3.39. The van der Waals surface area contributed by atoms with Crippen LogP contribution in [-0.2, 0) is 24.4 Å². The standard InChI is InChI=1S/C23H26N4O/c1-3-11-27-15-20(17(2)25-27)13-24-21-12-23(28)26(16-21)14-19-9-6-8-18-7-4-5-10-22(18)19/h3-10,15,21,24H,1,11-14,16H2,2H3/t21-/m1/s1. The third-order valence-corrected chi connectivity index (χ3v) is 5.40. The van der Waals surface area contributed by atoms with Crippen molar-refractivity contribution >= 4 is 16.7 Å². The van der Waals surface area contributed by atoms with Crippen molar-refractivity contribution in [3.05, 3.63) is 78.1 Å². The first-order valence-corrected chi connectivity index (χ1v) is 9.75. The van der Waals surface area contributed by atoms with Crippen molar-refractivity contribution in [2.75, 3.05) is 6.54 Å². The number of nitrogens with one attached hydrogen (secondary N) is 1. The Kier molecular flexibility index (Phi) is 5.26. The highest BCUT2D eigenvalue weighted by Crippen LogP contribution is 2.22. The number of aromatic nitrogens is 2.